The average Bonchev–Trinajstić information content (AvgIpc) is 3.06. The molecule has 0 radical (unpaired) electrons. The van der Waals surface area contributed by atoms with E-state index < -0.39 is 8.07 Å². The number of fused-ring (bicyclic) bond motifs is 4. The number of allylic oxidation sites excluding steroid dienone is 5. The van der Waals surface area contributed by atoms with Crippen molar-refractivity contribution in [3.8, 4) is 11.1 Å². The Balaban J connectivity index is 1.48. The molecule has 5 aromatic carbocycles. The van der Waals surface area contributed by atoms with Crippen molar-refractivity contribution in [3.63, 3.8) is 0 Å². The minimum Gasteiger partial charge on any atom is -0.378 e. The molecule has 2 nitrogen and oxygen atoms in total. The summed E-state index contributed by atoms with van der Waals surface area (Å²) in [5.41, 5.74) is 14.7. The highest BCUT2D eigenvalue weighted by Gasteiger charge is 2.40. The number of aryl methyl sites for hydroxylation is 3. The molecule has 0 atom stereocenters. The molecule has 7 rings (SSSR count). The van der Waals surface area contributed by atoms with Crippen molar-refractivity contribution in [1.29, 1.82) is 0 Å². The lowest BCUT2D eigenvalue weighted by atomic mass is 9.86. The number of nitrogens with zero attached hydrogens (tertiary/aromatic N) is 2. The Bertz CT molecular complexity index is 2240. The van der Waals surface area contributed by atoms with Gasteiger partial charge in [-0.1, -0.05) is 81.5 Å². The van der Waals surface area contributed by atoms with Crippen LogP contribution in [0.15, 0.2) is 108 Å². The first-order valence-electron chi connectivity index (χ1n) is 17.1. The van der Waals surface area contributed by atoms with E-state index in [0.29, 0.717) is 0 Å². The third kappa shape index (κ3) is 5.03. The van der Waals surface area contributed by atoms with Gasteiger partial charge < -0.3 is 4.90 Å². The number of benzene rings is 5. The molecule has 1 aliphatic carbocycles. The van der Waals surface area contributed by atoms with Gasteiger partial charge in [0.05, 0.1) is 0 Å². The second kappa shape index (κ2) is 11.6. The molecule has 236 valence electrons. The fraction of sp³-hybridized carbons (Fsp3) is 0.250. The molecule has 0 saturated heterocycles. The highest BCUT2D eigenvalue weighted by Crippen LogP contribution is 2.43. The van der Waals surface area contributed by atoms with E-state index in [0.717, 1.165) is 12.8 Å². The zero-order valence-electron chi connectivity index (χ0n) is 29.5. The van der Waals surface area contributed by atoms with Crippen LogP contribution >= 0.6 is 0 Å². The van der Waals surface area contributed by atoms with Crippen molar-refractivity contribution < 1.29 is 4.58 Å². The Morgan fingerprint density at radius 1 is 0.681 bits per heavy atom. The van der Waals surface area contributed by atoms with Gasteiger partial charge in [-0.2, -0.15) is 0 Å². The largest absolute Gasteiger partial charge is 0.378 e. The molecule has 1 heterocycles. The number of rotatable bonds is 5. The monoisotopic (exact) mass is 631 g/mol. The maximum atomic E-state index is 2.52. The predicted octanol–water partition coefficient (Wildman–Crippen LogP) is 9.64. The van der Waals surface area contributed by atoms with E-state index in [2.05, 4.69) is 169 Å². The summed E-state index contributed by atoms with van der Waals surface area (Å²) >= 11 is 0. The van der Waals surface area contributed by atoms with Crippen LogP contribution in [-0.4, -0.2) is 46.6 Å². The zero-order valence-corrected chi connectivity index (χ0v) is 30.5. The van der Waals surface area contributed by atoms with Gasteiger partial charge in [-0.3, -0.25) is 0 Å². The fourth-order valence-corrected chi connectivity index (χ4v) is 11.2. The normalized spacial score (nSPS) is 15.2. The molecule has 2 aliphatic rings. The minimum absolute atomic E-state index is 1.01. The summed E-state index contributed by atoms with van der Waals surface area (Å²) in [6, 6.07) is 30.6. The van der Waals surface area contributed by atoms with E-state index in [1.807, 2.05) is 0 Å². The SMILES string of the molecule is CCc1c2ccccc2c(CC)c2cc(-c3cc(C)cc(C4=C5C=CC(=[N+](C)C)C=C5[Si](C)(C)c5cc(N(C)C)ccc54)c3)ccc12. The molecule has 0 fully saturated rings. The van der Waals surface area contributed by atoms with Gasteiger partial charge in [0.25, 0.3) is 0 Å². The second-order valence-corrected chi connectivity index (χ2v) is 18.6. The van der Waals surface area contributed by atoms with Gasteiger partial charge in [0.2, 0.25) is 0 Å². The lowest BCUT2D eigenvalue weighted by molar-refractivity contribution is -0.462. The molecule has 0 bridgehead atoms. The van der Waals surface area contributed by atoms with Crippen LogP contribution in [0.5, 0.6) is 0 Å². The lowest BCUT2D eigenvalue weighted by Gasteiger charge is -2.38. The Kier molecular flexibility index (Phi) is 7.72. The Morgan fingerprint density at radius 3 is 2.00 bits per heavy atom. The number of hydrogen-bond acceptors (Lipinski definition) is 1. The zero-order chi connectivity index (χ0) is 33.2. The van der Waals surface area contributed by atoms with Crippen LogP contribution in [0.25, 0.3) is 38.2 Å². The standard InChI is InChI=1S/C44H47N2Si/c1-10-34-36-14-12-13-15-37(36)35(11-2)41-25-29(16-19-38(34)41)30-22-28(3)23-31(24-30)44-39-20-17-32(45(4)5)26-42(39)47(8,9)43-27-33(46(6)7)18-21-40(43)44/h12-27H,10-11H2,1-9H3/q+1. The van der Waals surface area contributed by atoms with Crippen LogP contribution in [0.2, 0.25) is 13.1 Å². The summed E-state index contributed by atoms with van der Waals surface area (Å²) in [5.74, 6) is 0. The van der Waals surface area contributed by atoms with E-state index in [4.69, 9.17) is 0 Å². The van der Waals surface area contributed by atoms with Gasteiger partial charge in [-0.25, -0.2) is 4.58 Å². The number of hydrogen-bond donors (Lipinski definition) is 0. The third-order valence-electron chi connectivity index (χ3n) is 10.6. The Labute approximate surface area is 282 Å². The first-order chi connectivity index (χ1) is 22.5. The Morgan fingerprint density at radius 2 is 1.34 bits per heavy atom. The van der Waals surface area contributed by atoms with Gasteiger partial charge in [-0.15, -0.1) is 0 Å². The van der Waals surface area contributed by atoms with Crippen LogP contribution in [0, 0.1) is 6.92 Å². The van der Waals surface area contributed by atoms with Gasteiger partial charge in [-0.05, 0) is 132 Å². The quantitative estimate of drug-likeness (QED) is 0.106. The van der Waals surface area contributed by atoms with Crippen molar-refractivity contribution >= 4 is 51.8 Å². The lowest BCUT2D eigenvalue weighted by Crippen LogP contribution is -2.49. The first-order valence-corrected chi connectivity index (χ1v) is 20.1. The van der Waals surface area contributed by atoms with Crippen molar-refractivity contribution in [2.45, 2.75) is 46.7 Å². The summed E-state index contributed by atoms with van der Waals surface area (Å²) in [6.07, 6.45) is 9.19. The maximum Gasteiger partial charge on any atom is 0.199 e. The van der Waals surface area contributed by atoms with Crippen LogP contribution in [-0.2, 0) is 12.8 Å². The summed E-state index contributed by atoms with van der Waals surface area (Å²) < 4.78 is 2.23. The smallest absolute Gasteiger partial charge is 0.199 e. The molecule has 3 heteroatoms. The highest BCUT2D eigenvalue weighted by molar-refractivity contribution is 6.98. The van der Waals surface area contributed by atoms with Gasteiger partial charge in [0, 0.05) is 31.9 Å². The second-order valence-electron chi connectivity index (χ2n) is 14.3. The van der Waals surface area contributed by atoms with Crippen molar-refractivity contribution in [2.75, 3.05) is 33.1 Å². The van der Waals surface area contributed by atoms with E-state index in [1.54, 1.807) is 0 Å². The van der Waals surface area contributed by atoms with Crippen LogP contribution in [0.4, 0.5) is 5.69 Å². The molecule has 0 saturated carbocycles. The molecule has 47 heavy (non-hydrogen) atoms. The Hall–Kier alpha value is -4.47. The summed E-state index contributed by atoms with van der Waals surface area (Å²) in [5, 5.41) is 8.62. The van der Waals surface area contributed by atoms with Crippen LogP contribution < -0.4 is 10.1 Å². The van der Waals surface area contributed by atoms with E-state index >= 15 is 0 Å². The van der Waals surface area contributed by atoms with Crippen molar-refractivity contribution in [1.82, 2.24) is 0 Å². The third-order valence-corrected chi connectivity index (χ3v) is 14.1. The first kappa shape index (κ1) is 31.1. The molecule has 1 aliphatic heterocycles. The highest BCUT2D eigenvalue weighted by atomic mass is 28.3. The van der Waals surface area contributed by atoms with Crippen LogP contribution in [0.1, 0.15) is 41.7 Å². The molecule has 0 unspecified atom stereocenters. The maximum absolute atomic E-state index is 2.52. The topological polar surface area (TPSA) is 6.25 Å². The molecule has 0 aromatic heterocycles. The average molecular weight is 632 g/mol. The molecule has 0 amide bonds. The molecule has 5 aromatic rings. The van der Waals surface area contributed by atoms with E-state index in [9.17, 15) is 0 Å². The van der Waals surface area contributed by atoms with Crippen molar-refractivity contribution in [2.24, 2.45) is 0 Å². The molecule has 0 spiro atoms. The van der Waals surface area contributed by atoms with Gasteiger partial charge in [0.1, 0.15) is 22.2 Å². The van der Waals surface area contributed by atoms with E-state index in [1.165, 1.54) is 93.4 Å². The molecule has 0 N–H and O–H groups in total. The van der Waals surface area contributed by atoms with Crippen molar-refractivity contribution in [3.05, 3.63) is 136 Å². The summed E-state index contributed by atoms with van der Waals surface area (Å²) in [4.78, 5) is 2.23. The number of anilines is 1. The molecular weight excluding hydrogens is 585 g/mol. The molecular formula is C44H47N2Si+. The summed E-state index contributed by atoms with van der Waals surface area (Å²) in [6.45, 7) is 11.9. The fourth-order valence-electron chi connectivity index (χ4n) is 8.08. The predicted molar refractivity (Wildman–Crippen MR) is 209 cm³/mol. The van der Waals surface area contributed by atoms with E-state index in [-0.39, 0.29) is 0 Å². The minimum atomic E-state index is -2.00. The van der Waals surface area contributed by atoms with Gasteiger partial charge >= 0.3 is 0 Å². The summed E-state index contributed by atoms with van der Waals surface area (Å²) in [7, 11) is 6.59. The van der Waals surface area contributed by atoms with Crippen LogP contribution in [0.3, 0.4) is 0 Å². The van der Waals surface area contributed by atoms with Gasteiger partial charge in [0.15, 0.2) is 5.71 Å².